The van der Waals surface area contributed by atoms with Crippen molar-refractivity contribution in [3.63, 3.8) is 0 Å². The van der Waals surface area contributed by atoms with Gasteiger partial charge in [0.25, 0.3) is 0 Å². The third-order valence-corrected chi connectivity index (χ3v) is 6.82. The molecular formula is C31H32N4O3. The number of fused-ring (bicyclic) bond motifs is 2. The molecule has 2 unspecified atom stereocenters. The Bertz CT molecular complexity index is 1420. The average molecular weight is 509 g/mol. The van der Waals surface area contributed by atoms with E-state index in [2.05, 4.69) is 26.5 Å². The third kappa shape index (κ3) is 6.05. The highest BCUT2D eigenvalue weighted by molar-refractivity contribution is 5.92. The van der Waals surface area contributed by atoms with Crippen LogP contribution in [0.25, 0.3) is 10.9 Å². The minimum absolute atomic E-state index is 0.301. The molecule has 0 radical (unpaired) electrons. The molecule has 1 aromatic heterocycles. The molecule has 1 aliphatic heterocycles. The van der Waals surface area contributed by atoms with Crippen LogP contribution in [0, 0.1) is 25.2 Å². The number of nitrogens with one attached hydrogen (secondary N) is 2. The van der Waals surface area contributed by atoms with Gasteiger partial charge in [-0.3, -0.25) is 0 Å². The number of hydrogen-bond donors (Lipinski definition) is 2. The second kappa shape index (κ2) is 12.0. The highest BCUT2D eigenvalue weighted by atomic mass is 16.5. The minimum atomic E-state index is 0.301. The summed E-state index contributed by atoms with van der Waals surface area (Å²) in [5.74, 6) is 6.83. The molecule has 3 aromatic carbocycles. The van der Waals surface area contributed by atoms with Gasteiger partial charge in [-0.15, -0.1) is 6.42 Å². The number of nitrogens with zero attached hydrogens (tertiary/aromatic N) is 2. The number of aryl methyl sites for hydroxylation is 1. The lowest BCUT2D eigenvalue weighted by molar-refractivity contribution is 0.111. The lowest BCUT2D eigenvalue weighted by Gasteiger charge is -2.47. The van der Waals surface area contributed by atoms with E-state index in [4.69, 9.17) is 20.6 Å². The Morgan fingerprint density at radius 2 is 1.84 bits per heavy atom. The number of terminal acetylenes is 1. The maximum atomic E-state index is 5.97. The van der Waals surface area contributed by atoms with E-state index in [1.165, 1.54) is 19.4 Å². The van der Waals surface area contributed by atoms with E-state index < -0.39 is 0 Å². The van der Waals surface area contributed by atoms with Crippen LogP contribution >= 0.6 is 0 Å². The fourth-order valence-electron chi connectivity index (χ4n) is 4.42. The van der Waals surface area contributed by atoms with E-state index >= 15 is 0 Å². The molecule has 0 spiro atoms. The van der Waals surface area contributed by atoms with Gasteiger partial charge in [0.05, 0.1) is 12.1 Å². The number of piperidine rings is 1. The zero-order valence-corrected chi connectivity index (χ0v) is 21.7. The van der Waals surface area contributed by atoms with Crippen molar-refractivity contribution >= 4 is 22.4 Å². The van der Waals surface area contributed by atoms with Crippen molar-refractivity contribution in [2.75, 3.05) is 32.2 Å². The van der Waals surface area contributed by atoms with Crippen molar-refractivity contribution < 1.29 is 14.2 Å². The molecule has 7 heteroatoms. The van der Waals surface area contributed by atoms with Gasteiger partial charge in [-0.25, -0.2) is 9.97 Å². The first-order chi connectivity index (χ1) is 18.6. The third-order valence-electron chi connectivity index (χ3n) is 6.82. The number of para-hydroxylation sites is 1. The van der Waals surface area contributed by atoms with E-state index in [1.807, 2.05) is 73.7 Å². The van der Waals surface area contributed by atoms with Crippen molar-refractivity contribution in [1.29, 1.82) is 0 Å². The monoisotopic (exact) mass is 508 g/mol. The summed E-state index contributed by atoms with van der Waals surface area (Å²) in [4.78, 5) is 8.93. The van der Waals surface area contributed by atoms with Gasteiger partial charge in [-0.1, -0.05) is 18.2 Å². The van der Waals surface area contributed by atoms with Gasteiger partial charge in [-0.05, 0) is 86.2 Å². The van der Waals surface area contributed by atoms with E-state index in [1.54, 1.807) is 7.11 Å². The summed E-state index contributed by atoms with van der Waals surface area (Å²) >= 11 is 0. The van der Waals surface area contributed by atoms with E-state index in [0.29, 0.717) is 36.1 Å². The molecule has 2 aliphatic rings. The normalized spacial score (nSPS) is 17.1. The van der Waals surface area contributed by atoms with Crippen LogP contribution in [0.3, 0.4) is 0 Å². The smallest absolute Gasteiger partial charge is 0.207 e. The summed E-state index contributed by atoms with van der Waals surface area (Å²) in [6, 6.07) is 22.2. The molecule has 4 aromatic rings. The summed E-state index contributed by atoms with van der Waals surface area (Å²) in [5.41, 5.74) is 2.56. The fourth-order valence-corrected chi connectivity index (χ4v) is 4.42. The first-order valence-corrected chi connectivity index (χ1v) is 12.9. The van der Waals surface area contributed by atoms with E-state index in [0.717, 1.165) is 40.1 Å². The topological polar surface area (TPSA) is 77.5 Å². The number of benzene rings is 3. The Balaban J connectivity index is 0.000000424. The van der Waals surface area contributed by atoms with Crippen molar-refractivity contribution in [1.82, 2.24) is 15.3 Å². The molecular weight excluding hydrogens is 476 g/mol. The Kier molecular flexibility index (Phi) is 8.03. The minimum Gasteiger partial charge on any atom is -0.491 e. The molecule has 38 heavy (non-hydrogen) atoms. The average Bonchev–Trinajstić information content (AvgIpc) is 2.93. The van der Waals surface area contributed by atoms with Crippen LogP contribution < -0.4 is 20.1 Å². The summed E-state index contributed by atoms with van der Waals surface area (Å²) in [5, 5.41) is 7.55. The molecule has 1 saturated carbocycles. The van der Waals surface area contributed by atoms with Crippen molar-refractivity contribution in [2.45, 2.75) is 25.8 Å². The van der Waals surface area contributed by atoms with Crippen LogP contribution in [0.1, 0.15) is 24.2 Å². The highest BCUT2D eigenvalue weighted by Gasteiger charge is 2.37. The predicted molar refractivity (Wildman–Crippen MR) is 150 cm³/mol. The van der Waals surface area contributed by atoms with Crippen LogP contribution in [0.15, 0.2) is 66.7 Å². The molecule has 2 heterocycles. The van der Waals surface area contributed by atoms with Crippen LogP contribution in [-0.4, -0.2) is 42.9 Å². The predicted octanol–water partition coefficient (Wildman–Crippen LogP) is 5.85. The zero-order valence-electron chi connectivity index (χ0n) is 21.7. The maximum Gasteiger partial charge on any atom is 0.207 e. The molecule has 6 rings (SSSR count). The number of ether oxygens (including phenoxy) is 3. The Morgan fingerprint density at radius 1 is 1.00 bits per heavy atom. The number of rotatable bonds is 8. The van der Waals surface area contributed by atoms with Gasteiger partial charge in [-0.2, -0.15) is 0 Å². The van der Waals surface area contributed by atoms with Crippen LogP contribution in [0.2, 0.25) is 0 Å². The molecule has 1 aliphatic carbocycles. The summed E-state index contributed by atoms with van der Waals surface area (Å²) < 4.78 is 16.7. The second-order valence-corrected chi connectivity index (χ2v) is 9.43. The largest absolute Gasteiger partial charge is 0.491 e. The number of aromatic nitrogens is 2. The van der Waals surface area contributed by atoms with Gasteiger partial charge < -0.3 is 24.8 Å². The van der Waals surface area contributed by atoms with Gasteiger partial charge in [0, 0.05) is 30.3 Å². The van der Waals surface area contributed by atoms with E-state index in [-0.39, 0.29) is 0 Å². The maximum absolute atomic E-state index is 5.97. The standard InChI is InChI=1S/C26H23N3O3.C5H9N/c1-4-25-28-23-17-21(31-15-14-30-3)11-12-22(23)26(29-25)27-19-10-13-24(18(2)16-19)32-20-8-6-5-7-9-20;1-2-5-4(1)3-6-5/h1,5-13,16-17H,14-15H2,2-3H3,(H,27,28,29);4-6H,1-3H2. The van der Waals surface area contributed by atoms with Crippen LogP contribution in [-0.2, 0) is 4.74 Å². The Hall–Kier alpha value is -4.12. The quantitative estimate of drug-likeness (QED) is 0.228. The molecule has 1 saturated heterocycles. The molecule has 194 valence electrons. The number of hydrogen-bond acceptors (Lipinski definition) is 7. The van der Waals surface area contributed by atoms with Crippen LogP contribution in [0.4, 0.5) is 11.5 Å². The fraction of sp³-hybridized carbons (Fsp3) is 0.290. The lowest BCUT2D eigenvalue weighted by atomic mass is 9.74. The Morgan fingerprint density at radius 3 is 2.47 bits per heavy atom. The van der Waals surface area contributed by atoms with E-state index in [9.17, 15) is 0 Å². The molecule has 2 N–H and O–H groups in total. The second-order valence-electron chi connectivity index (χ2n) is 9.43. The van der Waals surface area contributed by atoms with Crippen molar-refractivity contribution in [3.8, 4) is 29.6 Å². The number of anilines is 2. The lowest BCUT2D eigenvalue weighted by Crippen LogP contribution is -2.59. The van der Waals surface area contributed by atoms with Gasteiger partial charge in [0.15, 0.2) is 0 Å². The first-order valence-electron chi connectivity index (χ1n) is 12.9. The summed E-state index contributed by atoms with van der Waals surface area (Å²) in [6.45, 7) is 4.27. The van der Waals surface area contributed by atoms with Crippen molar-refractivity contribution in [3.05, 3.63) is 78.1 Å². The molecule has 0 amide bonds. The summed E-state index contributed by atoms with van der Waals surface area (Å²) in [7, 11) is 1.64. The Labute approximate surface area is 223 Å². The molecule has 2 fully saturated rings. The molecule has 0 bridgehead atoms. The SMILES string of the molecule is C#Cc1nc(Nc2ccc(Oc3ccccc3)c(C)c2)c2ccc(OCCOC)cc2n1.C1CC2NCC12. The van der Waals surface area contributed by atoms with Gasteiger partial charge >= 0.3 is 0 Å². The van der Waals surface area contributed by atoms with Crippen LogP contribution in [0.5, 0.6) is 17.2 Å². The van der Waals surface area contributed by atoms with Gasteiger partial charge in [0.1, 0.15) is 29.7 Å². The molecule has 7 nitrogen and oxygen atoms in total. The summed E-state index contributed by atoms with van der Waals surface area (Å²) in [6.07, 6.45) is 8.54. The molecule has 2 atom stereocenters. The number of methoxy groups -OCH3 is 1. The first kappa shape index (κ1) is 25.5. The highest BCUT2D eigenvalue weighted by Crippen LogP contribution is 2.33. The van der Waals surface area contributed by atoms with Crippen molar-refractivity contribution in [2.24, 2.45) is 5.92 Å². The van der Waals surface area contributed by atoms with Gasteiger partial charge in [0.2, 0.25) is 5.82 Å². The zero-order chi connectivity index (χ0) is 26.3.